The second-order valence-electron chi connectivity index (χ2n) is 5.35. The van der Waals surface area contributed by atoms with Crippen LogP contribution in [-0.2, 0) is 9.53 Å². The number of amides is 2. The second-order valence-corrected chi connectivity index (χ2v) is 5.79. The fourth-order valence-electron chi connectivity index (χ4n) is 2.99. The summed E-state index contributed by atoms with van der Waals surface area (Å²) in [4.78, 5) is 25.5. The topological polar surface area (TPSA) is 46.6 Å². The highest BCUT2D eigenvalue weighted by Crippen LogP contribution is 2.34. The number of imide groups is 1. The van der Waals surface area contributed by atoms with E-state index in [1.54, 1.807) is 24.3 Å². The summed E-state index contributed by atoms with van der Waals surface area (Å²) in [6, 6.07) is 6.63. The number of halogens is 1. The van der Waals surface area contributed by atoms with Gasteiger partial charge in [0.1, 0.15) is 0 Å². The lowest BCUT2D eigenvalue weighted by Gasteiger charge is -2.24. The fourth-order valence-corrected chi connectivity index (χ4v) is 3.11. The summed E-state index contributed by atoms with van der Waals surface area (Å²) in [6.45, 7) is 0. The Morgan fingerprint density at radius 1 is 1.05 bits per heavy atom. The SMILES string of the molecule is O=C1OC(C2CCCCC2)C(=O)N1c1ccc(Cl)cc1. The number of carbonyl (C=O) groups excluding carboxylic acids is 2. The van der Waals surface area contributed by atoms with Gasteiger partial charge in [0.15, 0.2) is 6.10 Å². The molecule has 4 nitrogen and oxygen atoms in total. The Kier molecular flexibility index (Phi) is 3.66. The minimum Gasteiger partial charge on any atom is -0.435 e. The molecule has 1 aromatic rings. The van der Waals surface area contributed by atoms with Crippen molar-refractivity contribution in [2.24, 2.45) is 5.92 Å². The van der Waals surface area contributed by atoms with Gasteiger partial charge in [0.2, 0.25) is 0 Å². The lowest BCUT2D eigenvalue weighted by atomic mass is 9.85. The van der Waals surface area contributed by atoms with Gasteiger partial charge in [-0.3, -0.25) is 4.79 Å². The highest BCUT2D eigenvalue weighted by Gasteiger charge is 2.45. The second kappa shape index (κ2) is 5.44. The van der Waals surface area contributed by atoms with Crippen molar-refractivity contribution < 1.29 is 14.3 Å². The van der Waals surface area contributed by atoms with Crippen molar-refractivity contribution in [2.45, 2.75) is 38.2 Å². The molecule has 20 heavy (non-hydrogen) atoms. The Hall–Kier alpha value is -1.55. The number of carbonyl (C=O) groups is 2. The van der Waals surface area contributed by atoms with Gasteiger partial charge in [-0.2, -0.15) is 0 Å². The predicted octanol–water partition coefficient (Wildman–Crippen LogP) is 3.77. The van der Waals surface area contributed by atoms with Gasteiger partial charge in [-0.05, 0) is 37.1 Å². The van der Waals surface area contributed by atoms with Crippen molar-refractivity contribution in [3.8, 4) is 0 Å². The molecule has 106 valence electrons. The number of rotatable bonds is 2. The summed E-state index contributed by atoms with van der Waals surface area (Å²) in [5, 5.41) is 0.567. The molecular formula is C15H16ClNO3. The van der Waals surface area contributed by atoms with Crippen molar-refractivity contribution in [1.29, 1.82) is 0 Å². The standard InChI is InChI=1S/C15H16ClNO3/c16-11-6-8-12(9-7-11)17-14(18)13(20-15(17)19)10-4-2-1-3-5-10/h6-10,13H,1-5H2. The molecule has 2 fully saturated rings. The van der Waals surface area contributed by atoms with Crippen molar-refractivity contribution in [3.05, 3.63) is 29.3 Å². The Morgan fingerprint density at radius 3 is 2.35 bits per heavy atom. The molecule has 0 N–H and O–H groups in total. The number of nitrogens with zero attached hydrogens (tertiary/aromatic N) is 1. The van der Waals surface area contributed by atoms with E-state index in [0.717, 1.165) is 30.6 Å². The third-order valence-electron chi connectivity index (χ3n) is 4.04. The molecular weight excluding hydrogens is 278 g/mol. The molecule has 1 aliphatic heterocycles. The summed E-state index contributed by atoms with van der Waals surface area (Å²) < 4.78 is 5.31. The summed E-state index contributed by atoms with van der Waals surface area (Å²) >= 11 is 5.82. The van der Waals surface area contributed by atoms with Gasteiger partial charge in [0.25, 0.3) is 5.91 Å². The average molecular weight is 294 g/mol. The molecule has 1 saturated carbocycles. The smallest absolute Gasteiger partial charge is 0.422 e. The van der Waals surface area contributed by atoms with Crippen LogP contribution in [0.4, 0.5) is 10.5 Å². The van der Waals surface area contributed by atoms with Crippen LogP contribution in [0, 0.1) is 5.92 Å². The van der Waals surface area contributed by atoms with E-state index in [1.165, 1.54) is 6.42 Å². The first-order chi connectivity index (χ1) is 9.66. The Balaban J connectivity index is 1.81. The van der Waals surface area contributed by atoms with E-state index in [2.05, 4.69) is 0 Å². The van der Waals surface area contributed by atoms with E-state index in [9.17, 15) is 9.59 Å². The van der Waals surface area contributed by atoms with Crippen LogP contribution < -0.4 is 4.90 Å². The molecule has 5 heteroatoms. The first kappa shape index (κ1) is 13.4. The zero-order valence-corrected chi connectivity index (χ0v) is 11.8. The molecule has 0 spiro atoms. The van der Waals surface area contributed by atoms with Crippen LogP contribution in [0.25, 0.3) is 0 Å². The molecule has 2 aliphatic rings. The highest BCUT2D eigenvalue weighted by molar-refractivity contribution is 6.30. The van der Waals surface area contributed by atoms with Gasteiger partial charge in [0.05, 0.1) is 5.69 Å². The third-order valence-corrected chi connectivity index (χ3v) is 4.29. The molecule has 3 rings (SSSR count). The van der Waals surface area contributed by atoms with E-state index in [4.69, 9.17) is 16.3 Å². The molecule has 1 saturated heterocycles. The lowest BCUT2D eigenvalue weighted by Crippen LogP contribution is -2.35. The summed E-state index contributed by atoms with van der Waals surface area (Å²) in [5.74, 6) is -0.0817. The van der Waals surface area contributed by atoms with E-state index in [-0.39, 0.29) is 11.8 Å². The third kappa shape index (κ3) is 2.40. The van der Waals surface area contributed by atoms with E-state index >= 15 is 0 Å². The summed E-state index contributed by atoms with van der Waals surface area (Å²) in [6.07, 6.45) is 4.13. The number of anilines is 1. The van der Waals surface area contributed by atoms with Gasteiger partial charge in [-0.1, -0.05) is 30.9 Å². The van der Waals surface area contributed by atoms with Crippen LogP contribution in [0.1, 0.15) is 32.1 Å². The van der Waals surface area contributed by atoms with Crippen LogP contribution in [-0.4, -0.2) is 18.1 Å². The van der Waals surface area contributed by atoms with Gasteiger partial charge >= 0.3 is 6.09 Å². The molecule has 1 atom stereocenters. The van der Waals surface area contributed by atoms with Crippen molar-refractivity contribution in [2.75, 3.05) is 4.90 Å². The lowest BCUT2D eigenvalue weighted by molar-refractivity contribution is -0.124. The van der Waals surface area contributed by atoms with Crippen LogP contribution in [0.3, 0.4) is 0 Å². The van der Waals surface area contributed by atoms with Crippen LogP contribution >= 0.6 is 11.6 Å². The van der Waals surface area contributed by atoms with E-state index in [0.29, 0.717) is 10.7 Å². The maximum absolute atomic E-state index is 12.4. The minimum atomic E-state index is -0.613. The molecule has 2 amide bonds. The Morgan fingerprint density at radius 2 is 1.70 bits per heavy atom. The van der Waals surface area contributed by atoms with Crippen LogP contribution in [0.15, 0.2) is 24.3 Å². The molecule has 1 heterocycles. The number of hydrogen-bond acceptors (Lipinski definition) is 3. The molecule has 0 aromatic heterocycles. The molecule has 0 bridgehead atoms. The minimum absolute atomic E-state index is 0.164. The van der Waals surface area contributed by atoms with E-state index in [1.807, 2.05) is 0 Å². The fraction of sp³-hybridized carbons (Fsp3) is 0.467. The first-order valence-electron chi connectivity index (χ1n) is 6.97. The van der Waals surface area contributed by atoms with Crippen molar-refractivity contribution in [3.63, 3.8) is 0 Å². The first-order valence-corrected chi connectivity index (χ1v) is 7.35. The largest absolute Gasteiger partial charge is 0.435 e. The maximum Gasteiger partial charge on any atom is 0.422 e. The van der Waals surface area contributed by atoms with Crippen LogP contribution in [0.5, 0.6) is 0 Å². The summed E-state index contributed by atoms with van der Waals surface area (Å²) in [7, 11) is 0. The molecule has 1 aliphatic carbocycles. The zero-order valence-electron chi connectivity index (χ0n) is 11.0. The van der Waals surface area contributed by atoms with Crippen molar-refractivity contribution in [1.82, 2.24) is 0 Å². The Bertz CT molecular complexity index is 522. The van der Waals surface area contributed by atoms with Gasteiger partial charge in [-0.25, -0.2) is 9.69 Å². The van der Waals surface area contributed by atoms with Crippen molar-refractivity contribution >= 4 is 29.3 Å². The molecule has 1 aromatic carbocycles. The Labute approximate surface area is 122 Å². The number of cyclic esters (lactones) is 1. The number of benzene rings is 1. The quantitative estimate of drug-likeness (QED) is 0.834. The number of hydrogen-bond donors (Lipinski definition) is 0. The van der Waals surface area contributed by atoms with Gasteiger partial charge in [0, 0.05) is 10.9 Å². The molecule has 0 radical (unpaired) electrons. The van der Waals surface area contributed by atoms with Crippen LogP contribution in [0.2, 0.25) is 5.02 Å². The average Bonchev–Trinajstić information content (AvgIpc) is 2.76. The highest BCUT2D eigenvalue weighted by atomic mass is 35.5. The zero-order chi connectivity index (χ0) is 14.1. The van der Waals surface area contributed by atoms with Gasteiger partial charge < -0.3 is 4.74 Å². The monoisotopic (exact) mass is 293 g/mol. The molecule has 1 unspecified atom stereocenters. The number of ether oxygens (including phenoxy) is 1. The van der Waals surface area contributed by atoms with Gasteiger partial charge in [-0.15, -0.1) is 0 Å². The maximum atomic E-state index is 12.4. The summed E-state index contributed by atoms with van der Waals surface area (Å²) in [5.41, 5.74) is 0.516. The predicted molar refractivity (Wildman–Crippen MR) is 75.8 cm³/mol. The normalized spacial score (nSPS) is 24.1. The van der Waals surface area contributed by atoms with E-state index < -0.39 is 12.2 Å².